The van der Waals surface area contributed by atoms with Crippen LogP contribution in [0.25, 0.3) is 0 Å². The Balaban J connectivity index is 1.71. The number of sulfonamides is 1. The molecule has 2 aromatic rings. The van der Waals surface area contributed by atoms with E-state index in [4.69, 9.17) is 16.3 Å². The van der Waals surface area contributed by atoms with Crippen molar-refractivity contribution in [1.29, 1.82) is 0 Å². The molecule has 4 rings (SSSR count). The van der Waals surface area contributed by atoms with E-state index in [0.29, 0.717) is 29.4 Å². The van der Waals surface area contributed by atoms with E-state index in [1.54, 1.807) is 11.6 Å². The molecule has 210 valence electrons. The van der Waals surface area contributed by atoms with E-state index in [-0.39, 0.29) is 42.3 Å². The van der Waals surface area contributed by atoms with Crippen LogP contribution in [0.4, 0.5) is 8.78 Å². The number of aromatic nitrogens is 1. The number of hydrogen-bond acceptors (Lipinski definition) is 10. The van der Waals surface area contributed by atoms with Crippen molar-refractivity contribution in [3.8, 4) is 0 Å². The van der Waals surface area contributed by atoms with Crippen LogP contribution in [-0.4, -0.2) is 68.5 Å². The molecule has 10 nitrogen and oxygen atoms in total. The molecule has 2 aliphatic rings. The molecule has 0 amide bonds. The third kappa shape index (κ3) is 6.13. The lowest BCUT2D eigenvalue weighted by Gasteiger charge is -2.36. The zero-order chi connectivity index (χ0) is 28.3. The molecule has 39 heavy (non-hydrogen) atoms. The van der Waals surface area contributed by atoms with Gasteiger partial charge in [0.15, 0.2) is 22.5 Å². The van der Waals surface area contributed by atoms with Crippen LogP contribution >= 0.6 is 22.9 Å². The fourth-order valence-electron chi connectivity index (χ4n) is 4.51. The Bertz CT molecular complexity index is 1420. The largest absolute Gasteiger partial charge is 0.469 e. The number of allylic oxidation sites excluding steroid dienone is 1. The molecule has 2 aliphatic heterocycles. The van der Waals surface area contributed by atoms with Gasteiger partial charge in [0.05, 0.1) is 37.0 Å². The van der Waals surface area contributed by atoms with E-state index in [9.17, 15) is 26.8 Å². The fourth-order valence-corrected chi connectivity index (χ4v) is 6.81. The summed E-state index contributed by atoms with van der Waals surface area (Å²) in [5, 5.41) is 4.88. The summed E-state index contributed by atoms with van der Waals surface area (Å²) in [4.78, 5) is 33.4. The van der Waals surface area contributed by atoms with Gasteiger partial charge in [0.2, 0.25) is 10.0 Å². The van der Waals surface area contributed by atoms with Gasteiger partial charge in [-0.05, 0) is 18.9 Å². The number of nitrogens with one attached hydrogen (secondary N) is 1. The van der Waals surface area contributed by atoms with E-state index in [1.165, 1.54) is 35.9 Å². The lowest BCUT2D eigenvalue weighted by molar-refractivity contribution is -0.140. The van der Waals surface area contributed by atoms with Crippen molar-refractivity contribution in [3.05, 3.63) is 62.2 Å². The van der Waals surface area contributed by atoms with E-state index in [0.717, 1.165) is 6.07 Å². The summed E-state index contributed by atoms with van der Waals surface area (Å²) >= 11 is 7.46. The number of methoxy groups -OCH3 is 2. The maximum absolute atomic E-state index is 14.5. The SMILES string of the molecule is COC(=O)CCS(=O)(=O)N1CCC(C2=C(C(=O)OC)C(c3ccc(F)c(F)c3Cl)N=C(c3nccs3)N2)CC1. The van der Waals surface area contributed by atoms with Gasteiger partial charge < -0.3 is 14.8 Å². The topological polar surface area (TPSA) is 127 Å². The molecule has 1 atom stereocenters. The molecule has 1 unspecified atom stereocenters. The Morgan fingerprint density at radius 3 is 2.54 bits per heavy atom. The highest BCUT2D eigenvalue weighted by atomic mass is 35.5. The fraction of sp³-hybridized carbons (Fsp3) is 0.417. The predicted molar refractivity (Wildman–Crippen MR) is 140 cm³/mol. The van der Waals surface area contributed by atoms with Gasteiger partial charge >= 0.3 is 11.9 Å². The lowest BCUT2D eigenvalue weighted by atomic mass is 9.86. The first-order valence-corrected chi connectivity index (χ1v) is 14.7. The van der Waals surface area contributed by atoms with Crippen molar-refractivity contribution in [2.75, 3.05) is 33.1 Å². The summed E-state index contributed by atoms with van der Waals surface area (Å²) in [6.07, 6.45) is 1.95. The van der Waals surface area contributed by atoms with Crippen molar-refractivity contribution >= 4 is 50.7 Å². The van der Waals surface area contributed by atoms with Crippen LogP contribution in [-0.2, 0) is 29.1 Å². The highest BCUT2D eigenvalue weighted by Gasteiger charge is 2.39. The van der Waals surface area contributed by atoms with Crippen molar-refractivity contribution in [3.63, 3.8) is 0 Å². The zero-order valence-corrected chi connectivity index (χ0v) is 23.3. The van der Waals surface area contributed by atoms with Gasteiger partial charge in [-0.25, -0.2) is 31.3 Å². The third-order valence-electron chi connectivity index (χ3n) is 6.52. The Morgan fingerprint density at radius 1 is 1.21 bits per heavy atom. The number of ether oxygens (including phenoxy) is 2. The van der Waals surface area contributed by atoms with Crippen LogP contribution in [0.3, 0.4) is 0 Å². The van der Waals surface area contributed by atoms with Crippen LogP contribution in [0.2, 0.25) is 5.02 Å². The van der Waals surface area contributed by atoms with Gasteiger partial charge in [-0.2, -0.15) is 0 Å². The monoisotopic (exact) mass is 602 g/mol. The first kappa shape index (κ1) is 29.1. The van der Waals surface area contributed by atoms with Gasteiger partial charge in [-0.1, -0.05) is 17.7 Å². The number of piperidine rings is 1. The first-order chi connectivity index (χ1) is 18.6. The van der Waals surface area contributed by atoms with Gasteiger partial charge in [0.1, 0.15) is 6.04 Å². The number of esters is 2. The minimum absolute atomic E-state index is 0.0534. The summed E-state index contributed by atoms with van der Waals surface area (Å²) in [5.41, 5.74) is 0.531. The minimum atomic E-state index is -3.71. The van der Waals surface area contributed by atoms with Gasteiger partial charge in [-0.15, -0.1) is 11.3 Å². The Kier molecular flexibility index (Phi) is 8.99. The van der Waals surface area contributed by atoms with Gasteiger partial charge in [-0.3, -0.25) is 9.79 Å². The molecule has 0 saturated carbocycles. The molecule has 0 aliphatic carbocycles. The van der Waals surface area contributed by atoms with Crippen molar-refractivity contribution in [2.45, 2.75) is 25.3 Å². The Morgan fingerprint density at radius 2 is 1.92 bits per heavy atom. The highest BCUT2D eigenvalue weighted by Crippen LogP contribution is 2.41. The number of aliphatic imine (C=N–C) groups is 1. The maximum Gasteiger partial charge on any atom is 0.338 e. The molecule has 0 radical (unpaired) electrons. The number of nitrogens with zero attached hydrogens (tertiary/aromatic N) is 3. The molecular formula is C24H25ClF2N4O6S2. The molecule has 3 heterocycles. The molecule has 0 spiro atoms. The molecule has 1 fully saturated rings. The number of hydrogen-bond donors (Lipinski definition) is 1. The zero-order valence-electron chi connectivity index (χ0n) is 20.9. The van der Waals surface area contributed by atoms with E-state index >= 15 is 0 Å². The molecule has 15 heteroatoms. The van der Waals surface area contributed by atoms with Crippen molar-refractivity contribution in [1.82, 2.24) is 14.6 Å². The van der Waals surface area contributed by atoms with Crippen LogP contribution < -0.4 is 5.32 Å². The summed E-state index contributed by atoms with van der Waals surface area (Å²) < 4.78 is 64.7. The second kappa shape index (κ2) is 12.1. The number of halogens is 3. The second-order valence-corrected chi connectivity index (χ2v) is 12.1. The standard InChI is InChI=1S/C24H25ClF2N4O6S2/c1-36-16(32)7-12-39(34,35)31-9-5-13(6-10-31)20-17(24(33)37-2)21(14-3-4-15(26)19(27)18(14)25)30-22(29-20)23-28-8-11-38-23/h3-4,8,11,13,21H,5-7,9-10,12H2,1-2H3,(H,29,30). The number of rotatable bonds is 8. The summed E-state index contributed by atoms with van der Waals surface area (Å²) in [6.45, 7) is 0.266. The molecule has 0 bridgehead atoms. The number of thiazole rings is 1. The van der Waals surface area contributed by atoms with Crippen LogP contribution in [0.5, 0.6) is 0 Å². The van der Waals surface area contributed by atoms with Gasteiger partial charge in [0.25, 0.3) is 0 Å². The van der Waals surface area contributed by atoms with Crippen LogP contribution in [0.1, 0.15) is 35.9 Å². The normalized spacial score (nSPS) is 18.9. The van der Waals surface area contributed by atoms with E-state index in [1.807, 2.05) is 0 Å². The number of benzene rings is 1. The van der Waals surface area contributed by atoms with Crippen molar-refractivity contribution < 1.29 is 36.3 Å². The highest BCUT2D eigenvalue weighted by molar-refractivity contribution is 7.89. The second-order valence-electron chi connectivity index (χ2n) is 8.74. The summed E-state index contributed by atoms with van der Waals surface area (Å²) in [5.74, 6) is -4.21. The molecule has 1 aromatic heterocycles. The number of carbonyl (C=O) groups is 2. The maximum atomic E-state index is 14.5. The van der Waals surface area contributed by atoms with Crippen LogP contribution in [0.15, 0.2) is 40.0 Å². The smallest absolute Gasteiger partial charge is 0.338 e. The van der Waals surface area contributed by atoms with E-state index < -0.39 is 44.7 Å². The third-order valence-corrected chi connectivity index (χ3v) is 9.56. The minimum Gasteiger partial charge on any atom is -0.469 e. The first-order valence-electron chi connectivity index (χ1n) is 11.8. The number of amidine groups is 1. The quantitative estimate of drug-likeness (QED) is 0.361. The van der Waals surface area contributed by atoms with Crippen molar-refractivity contribution in [2.24, 2.45) is 10.9 Å². The molecular weight excluding hydrogens is 578 g/mol. The summed E-state index contributed by atoms with van der Waals surface area (Å²) in [7, 11) is -1.34. The Hall–Kier alpha value is -2.94. The number of carbonyl (C=O) groups excluding carboxylic acids is 2. The lowest BCUT2D eigenvalue weighted by Crippen LogP contribution is -2.44. The average molecular weight is 603 g/mol. The Labute approximate surface area is 232 Å². The van der Waals surface area contributed by atoms with Crippen LogP contribution in [0, 0.1) is 17.6 Å². The average Bonchev–Trinajstić information content (AvgIpc) is 3.49. The molecule has 1 N–H and O–H groups in total. The molecule has 1 saturated heterocycles. The molecule has 1 aromatic carbocycles. The summed E-state index contributed by atoms with van der Waals surface area (Å²) in [6, 6.07) is 1.03. The predicted octanol–water partition coefficient (Wildman–Crippen LogP) is 3.20. The van der Waals surface area contributed by atoms with E-state index in [2.05, 4.69) is 20.0 Å². The van der Waals surface area contributed by atoms with Gasteiger partial charge in [0, 0.05) is 41.8 Å².